The molecule has 9 heteroatoms. The quantitative estimate of drug-likeness (QED) is 0.263. The van der Waals surface area contributed by atoms with Crippen molar-refractivity contribution in [2.75, 3.05) is 13.1 Å². The summed E-state index contributed by atoms with van der Waals surface area (Å²) in [6.07, 6.45) is 1.94. The summed E-state index contributed by atoms with van der Waals surface area (Å²) in [5, 5.41) is 0.592. The number of carbonyl (C=O) groups excluding carboxylic acids is 1. The van der Waals surface area contributed by atoms with E-state index in [1.54, 1.807) is 21.6 Å². The first kappa shape index (κ1) is 28.3. The fourth-order valence-corrected chi connectivity index (χ4v) is 6.73. The average molecular weight is 638 g/mol. The molecule has 6 nitrogen and oxygen atoms in total. The van der Waals surface area contributed by atoms with Crippen molar-refractivity contribution in [3.05, 3.63) is 118 Å². The van der Waals surface area contributed by atoms with E-state index in [-0.39, 0.29) is 11.5 Å². The van der Waals surface area contributed by atoms with Gasteiger partial charge in [-0.25, -0.2) is 4.99 Å². The summed E-state index contributed by atoms with van der Waals surface area (Å²) in [5.41, 5.74) is 5.90. The van der Waals surface area contributed by atoms with Crippen molar-refractivity contribution in [1.82, 2.24) is 14.0 Å². The number of carbonyl (C=O) groups is 1. The highest BCUT2D eigenvalue weighted by atomic mass is 79.9. The lowest BCUT2D eigenvalue weighted by molar-refractivity contribution is -0.127. The van der Waals surface area contributed by atoms with Crippen molar-refractivity contribution in [2.24, 2.45) is 4.99 Å². The summed E-state index contributed by atoms with van der Waals surface area (Å²) in [5.74, 6) is -0.112. The average Bonchev–Trinajstić information content (AvgIpc) is 3.39. The van der Waals surface area contributed by atoms with Crippen LogP contribution in [0.15, 0.2) is 80.1 Å². The Morgan fingerprint density at radius 2 is 1.73 bits per heavy atom. The number of hydrogen-bond donors (Lipinski definition) is 0. The second-order valence-electron chi connectivity index (χ2n) is 9.75. The molecule has 1 amide bonds. The molecule has 4 aromatic rings. The number of nitrogens with zero attached hydrogens (tertiary/aromatic N) is 4. The smallest absolute Gasteiger partial charge is 0.271 e. The molecule has 0 N–H and O–H groups in total. The van der Waals surface area contributed by atoms with Gasteiger partial charge in [-0.05, 0) is 94.3 Å². The zero-order valence-corrected chi connectivity index (χ0v) is 26.2. The summed E-state index contributed by atoms with van der Waals surface area (Å²) in [6, 6.07) is 17.0. The fourth-order valence-electron chi connectivity index (χ4n) is 5.30. The van der Waals surface area contributed by atoms with Gasteiger partial charge in [0.1, 0.15) is 0 Å². The molecule has 2 aromatic heterocycles. The van der Waals surface area contributed by atoms with Gasteiger partial charge in [-0.2, -0.15) is 0 Å². The van der Waals surface area contributed by atoms with E-state index in [9.17, 15) is 9.59 Å². The summed E-state index contributed by atoms with van der Waals surface area (Å²) in [6.45, 7) is 11.0. The second kappa shape index (κ2) is 11.4. The van der Waals surface area contributed by atoms with Crippen LogP contribution in [0.3, 0.4) is 0 Å². The van der Waals surface area contributed by atoms with Crippen molar-refractivity contribution in [3.8, 4) is 5.69 Å². The predicted octanol–water partition coefficient (Wildman–Crippen LogP) is 5.93. The molecule has 0 bridgehead atoms. The third-order valence-electron chi connectivity index (χ3n) is 7.33. The molecule has 0 unspecified atom stereocenters. The first-order valence-electron chi connectivity index (χ1n) is 13.2. The molecule has 1 atom stereocenters. The van der Waals surface area contributed by atoms with E-state index in [1.165, 1.54) is 11.3 Å². The fraction of sp³-hybridized carbons (Fsp3) is 0.258. The normalized spacial score (nSPS) is 15.3. The number of thiazole rings is 1. The Labute approximate surface area is 250 Å². The molecule has 0 saturated heterocycles. The van der Waals surface area contributed by atoms with Gasteiger partial charge in [-0.1, -0.05) is 51.0 Å². The third-order valence-corrected chi connectivity index (χ3v) is 9.09. The van der Waals surface area contributed by atoms with E-state index >= 15 is 0 Å². The zero-order chi connectivity index (χ0) is 28.7. The minimum absolute atomic E-state index is 0.112. The number of fused-ring (bicyclic) bond motifs is 1. The molecular formula is C31H30BrClN4O2S. The van der Waals surface area contributed by atoms with Crippen molar-refractivity contribution in [2.45, 2.75) is 40.7 Å². The summed E-state index contributed by atoms with van der Waals surface area (Å²) in [4.78, 5) is 34.9. The lowest BCUT2D eigenvalue weighted by Crippen LogP contribution is -2.43. The van der Waals surface area contributed by atoms with Crippen LogP contribution in [-0.4, -0.2) is 33.0 Å². The Hall–Kier alpha value is -3.20. The van der Waals surface area contributed by atoms with Gasteiger partial charge in [0.05, 0.1) is 21.8 Å². The van der Waals surface area contributed by atoms with E-state index in [2.05, 4.69) is 52.5 Å². The molecule has 0 saturated carbocycles. The van der Waals surface area contributed by atoms with Gasteiger partial charge >= 0.3 is 0 Å². The van der Waals surface area contributed by atoms with Crippen LogP contribution in [0, 0.1) is 13.8 Å². The standard InChI is InChI=1S/C31H30BrClN4O2S/c1-6-35(7-2)30(39)27-19(4)34-31-37(28(27)21-8-12-24(33)13-9-21)29(38)26(40-31)17-22-16-18(3)36(20(22)5)25-14-10-23(32)11-15-25/h8-17,28H,6-7H2,1-5H3/b26-17+/t28-/m1/s1. The van der Waals surface area contributed by atoms with Crippen LogP contribution in [0.5, 0.6) is 0 Å². The maximum Gasteiger partial charge on any atom is 0.271 e. The lowest BCUT2D eigenvalue weighted by Gasteiger charge is -2.29. The van der Waals surface area contributed by atoms with Crippen LogP contribution in [0.25, 0.3) is 11.8 Å². The molecule has 0 fully saturated rings. The molecule has 0 spiro atoms. The summed E-state index contributed by atoms with van der Waals surface area (Å²) >= 11 is 11.0. The molecular weight excluding hydrogens is 608 g/mol. The molecule has 206 valence electrons. The van der Waals surface area contributed by atoms with Crippen LogP contribution < -0.4 is 14.9 Å². The maximum atomic E-state index is 14.1. The Balaban J connectivity index is 1.69. The van der Waals surface area contributed by atoms with Crippen LogP contribution in [0.2, 0.25) is 5.02 Å². The van der Waals surface area contributed by atoms with Crippen LogP contribution in [-0.2, 0) is 4.79 Å². The van der Waals surface area contributed by atoms with Gasteiger partial charge in [0, 0.05) is 39.7 Å². The molecule has 1 aliphatic heterocycles. The number of aryl methyl sites for hydroxylation is 1. The first-order valence-corrected chi connectivity index (χ1v) is 15.2. The number of likely N-dealkylation sites (N-methyl/N-ethyl adjacent to an activating group) is 1. The molecule has 3 heterocycles. The van der Waals surface area contributed by atoms with Crippen molar-refractivity contribution < 1.29 is 4.79 Å². The van der Waals surface area contributed by atoms with Crippen molar-refractivity contribution in [3.63, 3.8) is 0 Å². The summed E-state index contributed by atoms with van der Waals surface area (Å²) < 4.78 is 5.43. The van der Waals surface area contributed by atoms with Gasteiger partial charge in [-0.3, -0.25) is 14.2 Å². The van der Waals surface area contributed by atoms with Gasteiger partial charge in [0.15, 0.2) is 4.80 Å². The van der Waals surface area contributed by atoms with E-state index in [0.29, 0.717) is 38.7 Å². The van der Waals surface area contributed by atoms with Crippen molar-refractivity contribution in [1.29, 1.82) is 0 Å². The van der Waals surface area contributed by atoms with E-state index in [0.717, 1.165) is 32.7 Å². The second-order valence-corrected chi connectivity index (χ2v) is 12.1. The number of allylic oxidation sites excluding steroid dienone is 1. The Bertz CT molecular complexity index is 1810. The lowest BCUT2D eigenvalue weighted by atomic mass is 9.94. The van der Waals surface area contributed by atoms with Gasteiger partial charge in [0.25, 0.3) is 11.5 Å². The number of hydrogen-bond acceptors (Lipinski definition) is 4. The Morgan fingerprint density at radius 3 is 2.35 bits per heavy atom. The minimum Gasteiger partial charge on any atom is -0.339 e. The minimum atomic E-state index is -0.598. The molecule has 40 heavy (non-hydrogen) atoms. The summed E-state index contributed by atoms with van der Waals surface area (Å²) in [7, 11) is 0. The van der Waals surface area contributed by atoms with Crippen molar-refractivity contribution >= 4 is 50.9 Å². The van der Waals surface area contributed by atoms with Crippen LogP contribution >= 0.6 is 38.9 Å². The van der Waals surface area contributed by atoms with E-state index in [1.807, 2.05) is 51.1 Å². The molecule has 0 radical (unpaired) electrons. The predicted molar refractivity (Wildman–Crippen MR) is 166 cm³/mol. The number of rotatable bonds is 6. The maximum absolute atomic E-state index is 14.1. The number of amides is 1. The monoisotopic (exact) mass is 636 g/mol. The largest absolute Gasteiger partial charge is 0.339 e. The molecule has 2 aromatic carbocycles. The van der Waals surface area contributed by atoms with Crippen LogP contribution in [0.4, 0.5) is 0 Å². The number of aromatic nitrogens is 2. The number of halogens is 2. The number of benzene rings is 2. The highest BCUT2D eigenvalue weighted by Gasteiger charge is 2.34. The van der Waals surface area contributed by atoms with Gasteiger partial charge in [-0.15, -0.1) is 0 Å². The third kappa shape index (κ3) is 5.04. The molecule has 0 aliphatic carbocycles. The van der Waals surface area contributed by atoms with Crippen LogP contribution in [0.1, 0.15) is 49.3 Å². The Kier molecular flexibility index (Phi) is 8.04. The molecule has 1 aliphatic rings. The Morgan fingerprint density at radius 1 is 1.07 bits per heavy atom. The highest BCUT2D eigenvalue weighted by Crippen LogP contribution is 2.32. The topological polar surface area (TPSA) is 59.6 Å². The van der Waals surface area contributed by atoms with Gasteiger partial charge < -0.3 is 9.47 Å². The van der Waals surface area contributed by atoms with E-state index < -0.39 is 6.04 Å². The zero-order valence-electron chi connectivity index (χ0n) is 23.0. The van der Waals surface area contributed by atoms with E-state index in [4.69, 9.17) is 16.6 Å². The highest BCUT2D eigenvalue weighted by molar-refractivity contribution is 9.10. The molecule has 5 rings (SSSR count). The first-order chi connectivity index (χ1) is 19.1. The van der Waals surface area contributed by atoms with Gasteiger partial charge in [0.2, 0.25) is 0 Å². The SMILES string of the molecule is CCN(CC)C(=O)C1=C(C)N=c2s/c(=C/c3cc(C)n(-c4ccc(Br)cc4)c3C)c(=O)n2[C@@H]1c1ccc(Cl)cc1.